The van der Waals surface area contributed by atoms with Crippen LogP contribution in [0.1, 0.15) is 33.3 Å². The van der Waals surface area contributed by atoms with Gasteiger partial charge in [-0.2, -0.15) is 0 Å². The molecule has 98 valence electrons. The van der Waals surface area contributed by atoms with Crippen LogP contribution >= 0.6 is 27.3 Å². The highest BCUT2D eigenvalue weighted by Crippen LogP contribution is 2.28. The van der Waals surface area contributed by atoms with E-state index in [0.29, 0.717) is 6.04 Å². The third-order valence-electron chi connectivity index (χ3n) is 2.91. The van der Waals surface area contributed by atoms with Crippen LogP contribution < -0.4 is 5.73 Å². The molecule has 0 spiro atoms. The van der Waals surface area contributed by atoms with E-state index in [2.05, 4.69) is 67.0 Å². The maximum absolute atomic E-state index is 6.13. The SMILES string of the molecule is CC(N)C(N(C)Cc1csc(Br)c1)C(C)(C)C. The third kappa shape index (κ3) is 4.36. The van der Waals surface area contributed by atoms with Crippen LogP contribution in [0.4, 0.5) is 0 Å². The molecule has 2 unspecified atom stereocenters. The molecule has 2 nitrogen and oxygen atoms in total. The van der Waals surface area contributed by atoms with E-state index in [4.69, 9.17) is 5.73 Å². The van der Waals surface area contributed by atoms with E-state index >= 15 is 0 Å². The Bertz CT molecular complexity index is 355. The van der Waals surface area contributed by atoms with Gasteiger partial charge in [-0.3, -0.25) is 4.90 Å². The second kappa shape index (κ2) is 5.83. The molecular formula is C13H23BrN2S. The number of nitrogens with zero attached hydrogens (tertiary/aromatic N) is 1. The van der Waals surface area contributed by atoms with Gasteiger partial charge in [-0.15, -0.1) is 11.3 Å². The van der Waals surface area contributed by atoms with E-state index in [1.54, 1.807) is 11.3 Å². The van der Waals surface area contributed by atoms with Crippen molar-refractivity contribution in [2.75, 3.05) is 7.05 Å². The molecule has 1 heterocycles. The maximum atomic E-state index is 6.13. The number of thiophene rings is 1. The van der Waals surface area contributed by atoms with Gasteiger partial charge in [-0.25, -0.2) is 0 Å². The summed E-state index contributed by atoms with van der Waals surface area (Å²) in [7, 11) is 2.16. The lowest BCUT2D eigenvalue weighted by Crippen LogP contribution is -2.51. The fourth-order valence-electron chi connectivity index (χ4n) is 2.67. The molecule has 0 aliphatic rings. The molecule has 2 atom stereocenters. The first-order valence-corrected chi connectivity index (χ1v) is 7.58. The number of rotatable bonds is 4. The minimum absolute atomic E-state index is 0.169. The summed E-state index contributed by atoms with van der Waals surface area (Å²) in [5.74, 6) is 0. The highest BCUT2D eigenvalue weighted by molar-refractivity contribution is 9.11. The largest absolute Gasteiger partial charge is 0.327 e. The molecule has 17 heavy (non-hydrogen) atoms. The van der Waals surface area contributed by atoms with Crippen LogP contribution in [0.15, 0.2) is 15.2 Å². The van der Waals surface area contributed by atoms with Crippen LogP contribution in [-0.4, -0.2) is 24.0 Å². The topological polar surface area (TPSA) is 29.3 Å². The predicted molar refractivity (Wildman–Crippen MR) is 80.4 cm³/mol. The Hall–Kier alpha value is 0.100. The lowest BCUT2D eigenvalue weighted by atomic mass is 9.82. The zero-order chi connectivity index (χ0) is 13.2. The lowest BCUT2D eigenvalue weighted by molar-refractivity contribution is 0.100. The Balaban J connectivity index is 2.76. The van der Waals surface area contributed by atoms with Crippen LogP contribution in [0.3, 0.4) is 0 Å². The lowest BCUT2D eigenvalue weighted by Gasteiger charge is -2.40. The molecule has 2 N–H and O–H groups in total. The van der Waals surface area contributed by atoms with E-state index in [1.165, 1.54) is 9.35 Å². The fourth-order valence-corrected chi connectivity index (χ4v) is 3.87. The number of halogens is 1. The number of nitrogens with two attached hydrogens (primary N) is 1. The van der Waals surface area contributed by atoms with E-state index < -0.39 is 0 Å². The highest BCUT2D eigenvalue weighted by atomic mass is 79.9. The molecule has 4 heteroatoms. The number of likely N-dealkylation sites (N-methyl/N-ethyl adjacent to an activating group) is 1. The van der Waals surface area contributed by atoms with Crippen molar-refractivity contribution in [2.24, 2.45) is 11.1 Å². The van der Waals surface area contributed by atoms with Gasteiger partial charge in [0.1, 0.15) is 0 Å². The number of hydrogen-bond donors (Lipinski definition) is 1. The van der Waals surface area contributed by atoms with E-state index in [1.807, 2.05) is 0 Å². The van der Waals surface area contributed by atoms with Crippen molar-refractivity contribution >= 4 is 27.3 Å². The van der Waals surface area contributed by atoms with E-state index in [0.717, 1.165) is 6.54 Å². The molecule has 0 amide bonds. The minimum Gasteiger partial charge on any atom is -0.327 e. The Labute approximate surface area is 117 Å². The van der Waals surface area contributed by atoms with Crippen LogP contribution in [0.25, 0.3) is 0 Å². The molecule has 0 saturated heterocycles. The molecule has 0 aliphatic carbocycles. The molecule has 0 aromatic carbocycles. The average Bonchev–Trinajstić information content (AvgIpc) is 2.46. The van der Waals surface area contributed by atoms with Gasteiger partial charge in [-0.05, 0) is 52.3 Å². The van der Waals surface area contributed by atoms with Crippen LogP contribution in [0, 0.1) is 5.41 Å². The van der Waals surface area contributed by atoms with Crippen molar-refractivity contribution in [1.29, 1.82) is 0 Å². The van der Waals surface area contributed by atoms with E-state index in [-0.39, 0.29) is 11.5 Å². The Kier molecular flexibility index (Phi) is 5.20. The Morgan fingerprint density at radius 2 is 2.06 bits per heavy atom. The van der Waals surface area contributed by atoms with E-state index in [9.17, 15) is 0 Å². The quantitative estimate of drug-likeness (QED) is 0.917. The first-order chi connectivity index (χ1) is 7.71. The fraction of sp³-hybridized carbons (Fsp3) is 0.692. The van der Waals surface area contributed by atoms with Crippen LogP contribution in [0.2, 0.25) is 0 Å². The second-order valence-electron chi connectivity index (χ2n) is 5.84. The van der Waals surface area contributed by atoms with Crippen molar-refractivity contribution in [1.82, 2.24) is 4.90 Å². The van der Waals surface area contributed by atoms with Crippen molar-refractivity contribution in [2.45, 2.75) is 46.3 Å². The molecule has 0 radical (unpaired) electrons. The first kappa shape index (κ1) is 15.2. The van der Waals surface area contributed by atoms with Crippen molar-refractivity contribution in [3.63, 3.8) is 0 Å². The van der Waals surface area contributed by atoms with Gasteiger partial charge in [0.15, 0.2) is 0 Å². The van der Waals surface area contributed by atoms with Crippen LogP contribution in [0.5, 0.6) is 0 Å². The summed E-state index contributed by atoms with van der Waals surface area (Å²) in [6.45, 7) is 9.80. The van der Waals surface area contributed by atoms with Crippen LogP contribution in [-0.2, 0) is 6.54 Å². The smallest absolute Gasteiger partial charge is 0.0701 e. The van der Waals surface area contributed by atoms with Crippen molar-refractivity contribution in [3.05, 3.63) is 20.8 Å². The molecular weight excluding hydrogens is 296 g/mol. The summed E-state index contributed by atoms with van der Waals surface area (Å²) in [4.78, 5) is 2.36. The predicted octanol–water partition coefficient (Wildman–Crippen LogP) is 3.70. The minimum atomic E-state index is 0.169. The summed E-state index contributed by atoms with van der Waals surface area (Å²) in [6.07, 6.45) is 0. The maximum Gasteiger partial charge on any atom is 0.0701 e. The van der Waals surface area contributed by atoms with Gasteiger partial charge in [0.05, 0.1) is 3.79 Å². The van der Waals surface area contributed by atoms with Gasteiger partial charge < -0.3 is 5.73 Å². The summed E-state index contributed by atoms with van der Waals surface area (Å²) >= 11 is 5.24. The molecule has 0 saturated carbocycles. The molecule has 1 aromatic heterocycles. The van der Waals surface area contributed by atoms with Gasteiger partial charge in [-0.1, -0.05) is 20.8 Å². The standard InChI is InChI=1S/C13H23BrN2S/c1-9(15)12(13(2,3)4)16(5)7-10-6-11(14)17-8-10/h6,8-9,12H,7,15H2,1-5H3. The second-order valence-corrected chi connectivity index (χ2v) is 8.13. The van der Waals surface area contributed by atoms with Crippen molar-refractivity contribution < 1.29 is 0 Å². The average molecular weight is 319 g/mol. The zero-order valence-electron chi connectivity index (χ0n) is 11.3. The first-order valence-electron chi connectivity index (χ1n) is 5.90. The molecule has 1 aromatic rings. The zero-order valence-corrected chi connectivity index (χ0v) is 13.7. The molecule has 1 rings (SSSR count). The summed E-state index contributed by atoms with van der Waals surface area (Å²) in [5.41, 5.74) is 7.67. The molecule has 0 bridgehead atoms. The Morgan fingerprint density at radius 1 is 1.47 bits per heavy atom. The monoisotopic (exact) mass is 318 g/mol. The van der Waals surface area contributed by atoms with Gasteiger partial charge in [0, 0.05) is 18.6 Å². The Morgan fingerprint density at radius 3 is 2.41 bits per heavy atom. The molecule has 0 aliphatic heterocycles. The van der Waals surface area contributed by atoms with Gasteiger partial charge >= 0.3 is 0 Å². The summed E-state index contributed by atoms with van der Waals surface area (Å²) in [6, 6.07) is 2.73. The van der Waals surface area contributed by atoms with Gasteiger partial charge in [0.25, 0.3) is 0 Å². The summed E-state index contributed by atoms with van der Waals surface area (Å²) < 4.78 is 1.19. The number of hydrogen-bond acceptors (Lipinski definition) is 3. The highest BCUT2D eigenvalue weighted by Gasteiger charge is 2.31. The van der Waals surface area contributed by atoms with Crippen molar-refractivity contribution in [3.8, 4) is 0 Å². The normalized spacial score (nSPS) is 16.2. The summed E-state index contributed by atoms with van der Waals surface area (Å²) in [5, 5.41) is 2.20. The molecule has 0 fully saturated rings. The third-order valence-corrected chi connectivity index (χ3v) is 4.47. The van der Waals surface area contributed by atoms with Gasteiger partial charge in [0.2, 0.25) is 0 Å².